The minimum Gasteiger partial charge on any atom is -0.466 e. The Hall–Kier alpha value is -2.38. The van der Waals surface area contributed by atoms with Crippen molar-refractivity contribution < 1.29 is 49.3 Å². The lowest BCUT2D eigenvalue weighted by atomic mass is 9.99. The summed E-state index contributed by atoms with van der Waals surface area (Å²) in [5.41, 5.74) is 0. The van der Waals surface area contributed by atoms with Gasteiger partial charge in [-0.25, -0.2) is 0 Å². The zero-order chi connectivity index (χ0) is 59.5. The lowest BCUT2D eigenvalue weighted by Crippen LogP contribution is -2.60. The number of hydrogen-bond donors (Lipinski definition) is 6. The van der Waals surface area contributed by atoms with Gasteiger partial charge < -0.3 is 45.1 Å². The summed E-state index contributed by atoms with van der Waals surface area (Å²) < 4.78 is 16.7. The molecule has 7 atom stereocenters. The van der Waals surface area contributed by atoms with Gasteiger partial charge >= 0.3 is 5.97 Å². The average Bonchev–Trinajstić information content (AvgIpc) is 3.64. The van der Waals surface area contributed by atoms with E-state index in [4.69, 9.17) is 14.2 Å². The van der Waals surface area contributed by atoms with Crippen LogP contribution in [0.15, 0.2) is 48.6 Å². The first kappa shape index (κ1) is 77.6. The predicted octanol–water partition coefficient (Wildman–Crippen LogP) is 17.6. The van der Waals surface area contributed by atoms with Crippen molar-refractivity contribution in [3.63, 3.8) is 0 Å². The van der Waals surface area contributed by atoms with E-state index in [9.17, 15) is 35.1 Å². The molecule has 1 amide bonds. The molecule has 1 aliphatic rings. The molecule has 11 heteroatoms. The largest absolute Gasteiger partial charge is 0.466 e. The van der Waals surface area contributed by atoms with Crippen molar-refractivity contribution in [3.05, 3.63) is 48.6 Å². The normalized spacial score (nSPS) is 18.5. The van der Waals surface area contributed by atoms with Crippen LogP contribution in [0.4, 0.5) is 0 Å². The van der Waals surface area contributed by atoms with Gasteiger partial charge in [-0.2, -0.15) is 0 Å². The molecule has 1 heterocycles. The molecule has 0 radical (unpaired) electrons. The van der Waals surface area contributed by atoms with Gasteiger partial charge in [-0.15, -0.1) is 0 Å². The molecular formula is C71H131NO10. The number of amides is 1. The van der Waals surface area contributed by atoms with Gasteiger partial charge in [0.1, 0.15) is 24.4 Å². The van der Waals surface area contributed by atoms with Gasteiger partial charge in [0.05, 0.1) is 32.0 Å². The van der Waals surface area contributed by atoms with Crippen LogP contribution in [-0.2, 0) is 23.8 Å². The Morgan fingerprint density at radius 1 is 0.451 bits per heavy atom. The Bertz CT molecular complexity index is 1500. The third-order valence-electron chi connectivity index (χ3n) is 16.4. The Balaban J connectivity index is 1.94. The smallest absolute Gasteiger partial charge is 0.305 e. The van der Waals surface area contributed by atoms with Crippen molar-refractivity contribution in [1.29, 1.82) is 0 Å². The standard InChI is InChI=1S/C71H131NO10/c1-3-5-7-9-11-13-14-15-16-33-36-39-43-47-51-55-59-67(76)80-60-56-52-48-44-40-37-34-31-29-27-25-23-21-19-17-18-20-22-24-26-28-30-32-35-38-42-46-50-54-58-66(75)72-63(64(74)57-53-49-45-41-12-10-8-6-4-2)62-81-71-70(79)69(78)68(77)65(61-73)82-71/h16-17,19,23,25,33,53,57,63-65,68-71,73-74,77-79H,3-15,18,20-22,24,26-32,34-52,54-56,58-62H2,1-2H3,(H,72,75)/b19-17-,25-23-,33-16-,57-53+. The fourth-order valence-electron chi connectivity index (χ4n) is 10.9. The molecule has 1 saturated heterocycles. The second-order valence-electron chi connectivity index (χ2n) is 24.2. The minimum atomic E-state index is -1.57. The molecule has 7 unspecified atom stereocenters. The molecule has 11 nitrogen and oxygen atoms in total. The summed E-state index contributed by atoms with van der Waals surface area (Å²) in [6.07, 6.45) is 68.3. The molecule has 82 heavy (non-hydrogen) atoms. The van der Waals surface area contributed by atoms with Crippen LogP contribution in [0, 0.1) is 0 Å². The third-order valence-corrected chi connectivity index (χ3v) is 16.4. The van der Waals surface area contributed by atoms with Crippen molar-refractivity contribution in [2.45, 2.75) is 371 Å². The van der Waals surface area contributed by atoms with E-state index in [1.54, 1.807) is 6.08 Å². The molecule has 0 aromatic carbocycles. The number of carbonyl (C=O) groups excluding carboxylic acids is 2. The van der Waals surface area contributed by atoms with Crippen molar-refractivity contribution in [1.82, 2.24) is 5.32 Å². The molecule has 480 valence electrons. The van der Waals surface area contributed by atoms with Crippen LogP contribution >= 0.6 is 0 Å². The van der Waals surface area contributed by atoms with Crippen LogP contribution in [0.3, 0.4) is 0 Å². The summed E-state index contributed by atoms with van der Waals surface area (Å²) in [4.78, 5) is 25.1. The Kier molecular flexibility index (Phi) is 57.1. The van der Waals surface area contributed by atoms with Crippen LogP contribution in [0.1, 0.15) is 328 Å². The zero-order valence-corrected chi connectivity index (χ0v) is 53.2. The second-order valence-corrected chi connectivity index (χ2v) is 24.2. The number of nitrogens with one attached hydrogen (secondary N) is 1. The first-order chi connectivity index (χ1) is 40.2. The van der Waals surface area contributed by atoms with Gasteiger partial charge in [-0.05, 0) is 89.9 Å². The lowest BCUT2D eigenvalue weighted by Gasteiger charge is -2.40. The molecule has 0 spiro atoms. The predicted molar refractivity (Wildman–Crippen MR) is 343 cm³/mol. The summed E-state index contributed by atoms with van der Waals surface area (Å²) in [7, 11) is 0. The van der Waals surface area contributed by atoms with Gasteiger partial charge in [0.15, 0.2) is 6.29 Å². The highest BCUT2D eigenvalue weighted by molar-refractivity contribution is 5.76. The number of rotatable bonds is 61. The molecule has 6 N–H and O–H groups in total. The van der Waals surface area contributed by atoms with Crippen molar-refractivity contribution in [2.24, 2.45) is 0 Å². The summed E-state index contributed by atoms with van der Waals surface area (Å²) in [6.45, 7) is 4.32. The number of esters is 1. The van der Waals surface area contributed by atoms with Crippen LogP contribution < -0.4 is 5.32 Å². The van der Waals surface area contributed by atoms with E-state index >= 15 is 0 Å². The van der Waals surface area contributed by atoms with E-state index < -0.39 is 49.5 Å². The quantitative estimate of drug-likeness (QED) is 0.0195. The summed E-state index contributed by atoms with van der Waals surface area (Å²) >= 11 is 0. The third kappa shape index (κ3) is 48.8. The monoisotopic (exact) mass is 1160 g/mol. The summed E-state index contributed by atoms with van der Waals surface area (Å²) in [6, 6.07) is -0.810. The maximum absolute atomic E-state index is 13.0. The first-order valence-corrected chi connectivity index (χ1v) is 34.9. The molecule has 0 aromatic heterocycles. The van der Waals surface area contributed by atoms with Gasteiger partial charge in [0.2, 0.25) is 5.91 Å². The lowest BCUT2D eigenvalue weighted by molar-refractivity contribution is -0.302. The molecule has 0 aromatic rings. The maximum atomic E-state index is 13.0. The Morgan fingerprint density at radius 2 is 0.817 bits per heavy atom. The Labute approximate surface area is 504 Å². The fourth-order valence-corrected chi connectivity index (χ4v) is 10.9. The van der Waals surface area contributed by atoms with E-state index in [1.165, 1.54) is 238 Å². The number of hydrogen-bond acceptors (Lipinski definition) is 10. The van der Waals surface area contributed by atoms with E-state index in [1.807, 2.05) is 6.08 Å². The average molecular weight is 1160 g/mol. The molecule has 1 fully saturated rings. The topological polar surface area (TPSA) is 175 Å². The van der Waals surface area contributed by atoms with Gasteiger partial charge in [0, 0.05) is 12.8 Å². The van der Waals surface area contributed by atoms with Crippen LogP contribution in [0.5, 0.6) is 0 Å². The number of ether oxygens (including phenoxy) is 3. The van der Waals surface area contributed by atoms with Crippen LogP contribution in [0.2, 0.25) is 0 Å². The van der Waals surface area contributed by atoms with Crippen LogP contribution in [0.25, 0.3) is 0 Å². The van der Waals surface area contributed by atoms with Crippen molar-refractivity contribution in [3.8, 4) is 0 Å². The van der Waals surface area contributed by atoms with Crippen LogP contribution in [-0.4, -0.2) is 100 Å². The summed E-state index contributed by atoms with van der Waals surface area (Å²) in [5.74, 6) is -0.189. The van der Waals surface area contributed by atoms with E-state index in [-0.39, 0.29) is 18.5 Å². The Morgan fingerprint density at radius 3 is 1.24 bits per heavy atom. The van der Waals surface area contributed by atoms with Gasteiger partial charge in [-0.3, -0.25) is 9.59 Å². The zero-order valence-electron chi connectivity index (χ0n) is 53.2. The highest BCUT2D eigenvalue weighted by atomic mass is 16.7. The molecule has 1 aliphatic heterocycles. The minimum absolute atomic E-state index is 0.00414. The van der Waals surface area contributed by atoms with E-state index in [0.29, 0.717) is 19.4 Å². The first-order valence-electron chi connectivity index (χ1n) is 34.9. The summed E-state index contributed by atoms with van der Waals surface area (Å²) in [5, 5.41) is 54.3. The maximum Gasteiger partial charge on any atom is 0.305 e. The van der Waals surface area contributed by atoms with Gasteiger partial charge in [0.25, 0.3) is 0 Å². The molecule has 1 rings (SSSR count). The van der Waals surface area contributed by atoms with E-state index in [0.717, 1.165) is 64.2 Å². The number of unbranched alkanes of at least 4 members (excludes halogenated alkanes) is 41. The highest BCUT2D eigenvalue weighted by Crippen LogP contribution is 2.23. The number of aliphatic hydroxyl groups excluding tert-OH is 5. The van der Waals surface area contributed by atoms with E-state index in [2.05, 4.69) is 55.6 Å². The highest BCUT2D eigenvalue weighted by Gasteiger charge is 2.44. The number of carbonyl (C=O) groups is 2. The van der Waals surface area contributed by atoms with Gasteiger partial charge in [-0.1, -0.05) is 274 Å². The number of allylic oxidation sites excluding steroid dienone is 7. The second kappa shape index (κ2) is 60.3. The van der Waals surface area contributed by atoms with Crippen molar-refractivity contribution >= 4 is 11.9 Å². The molecule has 0 aliphatic carbocycles. The fraction of sp³-hybridized carbons (Fsp3) is 0.859. The molecular weight excluding hydrogens is 1030 g/mol. The molecule has 0 bridgehead atoms. The molecule has 0 saturated carbocycles. The van der Waals surface area contributed by atoms with Crippen molar-refractivity contribution in [2.75, 3.05) is 19.8 Å². The SMILES string of the molecule is CCCCCCCCC/C=C\CCCCCCCC(=O)OCCCCCCCCCCC/C=C\C/C=C\CCCCCCCCCCCCCCCC(=O)NC(COC1OC(CO)C(O)C(O)C1O)C(O)/C=C/CCCCCCCCC. The number of aliphatic hydroxyl groups is 5.